The van der Waals surface area contributed by atoms with E-state index in [9.17, 15) is 18.0 Å². The molecule has 0 bridgehead atoms. The van der Waals surface area contributed by atoms with Gasteiger partial charge in [-0.1, -0.05) is 0 Å². The lowest BCUT2D eigenvalue weighted by Gasteiger charge is -2.07. The van der Waals surface area contributed by atoms with Crippen molar-refractivity contribution in [2.45, 2.75) is 19.0 Å². The Morgan fingerprint density at radius 2 is 2.00 bits per heavy atom. The molecule has 0 aliphatic heterocycles. The van der Waals surface area contributed by atoms with Gasteiger partial charge in [-0.25, -0.2) is 0 Å². The molecule has 0 saturated heterocycles. The number of hydrogen-bond donors (Lipinski definition) is 1. The highest BCUT2D eigenvalue weighted by Crippen LogP contribution is 2.28. The van der Waals surface area contributed by atoms with Gasteiger partial charge in [0.25, 0.3) is 0 Å². The van der Waals surface area contributed by atoms with Crippen LogP contribution in [0.1, 0.15) is 17.5 Å². The lowest BCUT2D eigenvalue weighted by molar-refractivity contribution is -0.138. The van der Waals surface area contributed by atoms with Gasteiger partial charge in [-0.15, -0.1) is 12.4 Å². The fourth-order valence-corrected chi connectivity index (χ4v) is 1.03. The van der Waals surface area contributed by atoms with Crippen LogP contribution in [0.4, 0.5) is 13.2 Å². The molecule has 0 amide bonds. The standard InChI is InChI=1S/C9H8F3NO2.ClH/c10-9(11,12)7-3-6(4-13-5-7)1-2-8(14)15;/h3-5H,1-2H2,(H,14,15);1H. The van der Waals surface area contributed by atoms with Crippen molar-refractivity contribution in [2.24, 2.45) is 0 Å². The summed E-state index contributed by atoms with van der Waals surface area (Å²) in [6, 6.07) is 0.913. The number of aromatic nitrogens is 1. The molecule has 0 aliphatic carbocycles. The number of carboxylic acids is 1. The summed E-state index contributed by atoms with van der Waals surface area (Å²) in [5.41, 5.74) is -0.586. The van der Waals surface area contributed by atoms with Crippen LogP contribution in [0.5, 0.6) is 0 Å². The summed E-state index contributed by atoms with van der Waals surface area (Å²) in [6.45, 7) is 0. The first-order valence-electron chi connectivity index (χ1n) is 4.12. The fraction of sp³-hybridized carbons (Fsp3) is 0.333. The summed E-state index contributed by atoms with van der Waals surface area (Å²) in [6.07, 6.45) is -2.65. The highest BCUT2D eigenvalue weighted by Gasteiger charge is 2.30. The molecule has 1 aromatic rings. The van der Waals surface area contributed by atoms with Crippen molar-refractivity contribution in [1.29, 1.82) is 0 Å². The average Bonchev–Trinajstić information content (AvgIpc) is 2.14. The molecule has 7 heteroatoms. The van der Waals surface area contributed by atoms with Crippen LogP contribution in [0.15, 0.2) is 18.5 Å². The number of halogens is 4. The first kappa shape index (κ1) is 14.7. The molecular formula is C9H9ClF3NO2. The van der Waals surface area contributed by atoms with E-state index in [1.165, 1.54) is 6.20 Å². The average molecular weight is 256 g/mol. The van der Waals surface area contributed by atoms with Gasteiger partial charge in [0.15, 0.2) is 0 Å². The number of rotatable bonds is 3. The monoisotopic (exact) mass is 255 g/mol. The van der Waals surface area contributed by atoms with Crippen molar-refractivity contribution in [3.05, 3.63) is 29.6 Å². The second-order valence-corrected chi connectivity index (χ2v) is 2.97. The minimum Gasteiger partial charge on any atom is -0.481 e. The first-order chi connectivity index (χ1) is 6.89. The zero-order valence-corrected chi connectivity index (χ0v) is 8.81. The molecule has 0 unspecified atom stereocenters. The number of aliphatic carboxylic acids is 1. The molecule has 0 aromatic carbocycles. The normalized spacial score (nSPS) is 10.7. The Labute approximate surface area is 95.7 Å². The largest absolute Gasteiger partial charge is 0.481 e. The summed E-state index contributed by atoms with van der Waals surface area (Å²) in [7, 11) is 0. The SMILES string of the molecule is Cl.O=C(O)CCc1cncc(C(F)(F)F)c1. The Balaban J connectivity index is 0.00000225. The van der Waals surface area contributed by atoms with E-state index in [4.69, 9.17) is 5.11 Å². The molecule has 1 N–H and O–H groups in total. The highest BCUT2D eigenvalue weighted by atomic mass is 35.5. The third-order valence-electron chi connectivity index (χ3n) is 1.75. The van der Waals surface area contributed by atoms with Crippen molar-refractivity contribution in [3.63, 3.8) is 0 Å². The minimum atomic E-state index is -4.44. The Morgan fingerprint density at radius 3 is 2.50 bits per heavy atom. The summed E-state index contributed by atoms with van der Waals surface area (Å²) in [4.78, 5) is 13.6. The van der Waals surface area contributed by atoms with Crippen LogP contribution < -0.4 is 0 Å². The first-order valence-corrected chi connectivity index (χ1v) is 4.12. The van der Waals surface area contributed by atoms with Gasteiger partial charge in [0.05, 0.1) is 5.56 Å². The maximum Gasteiger partial charge on any atom is 0.417 e. The van der Waals surface area contributed by atoms with Gasteiger partial charge in [-0.3, -0.25) is 9.78 Å². The zero-order valence-electron chi connectivity index (χ0n) is 7.99. The van der Waals surface area contributed by atoms with Crippen molar-refractivity contribution in [1.82, 2.24) is 4.98 Å². The second kappa shape index (κ2) is 5.69. The molecule has 0 spiro atoms. The number of nitrogens with zero attached hydrogens (tertiary/aromatic N) is 1. The van der Waals surface area contributed by atoms with E-state index in [0.717, 1.165) is 6.07 Å². The van der Waals surface area contributed by atoms with E-state index < -0.39 is 17.7 Å². The number of pyridine rings is 1. The van der Waals surface area contributed by atoms with E-state index >= 15 is 0 Å². The minimum absolute atomic E-state index is 0. The van der Waals surface area contributed by atoms with Crippen LogP contribution in [0, 0.1) is 0 Å². The van der Waals surface area contributed by atoms with E-state index in [2.05, 4.69) is 4.98 Å². The van der Waals surface area contributed by atoms with Gasteiger partial charge in [0, 0.05) is 18.8 Å². The zero-order chi connectivity index (χ0) is 11.5. The fourth-order valence-electron chi connectivity index (χ4n) is 1.03. The molecule has 0 radical (unpaired) electrons. The third kappa shape index (κ3) is 4.48. The van der Waals surface area contributed by atoms with E-state index in [0.29, 0.717) is 6.20 Å². The van der Waals surface area contributed by atoms with Crippen LogP contribution >= 0.6 is 12.4 Å². The summed E-state index contributed by atoms with van der Waals surface area (Å²) >= 11 is 0. The van der Waals surface area contributed by atoms with E-state index in [-0.39, 0.29) is 30.8 Å². The van der Waals surface area contributed by atoms with Gasteiger partial charge < -0.3 is 5.11 Å². The summed E-state index contributed by atoms with van der Waals surface area (Å²) < 4.78 is 36.6. The van der Waals surface area contributed by atoms with Crippen molar-refractivity contribution >= 4 is 18.4 Å². The van der Waals surface area contributed by atoms with E-state index in [1.54, 1.807) is 0 Å². The van der Waals surface area contributed by atoms with Crippen LogP contribution in [-0.2, 0) is 17.4 Å². The third-order valence-corrected chi connectivity index (χ3v) is 1.75. The molecule has 3 nitrogen and oxygen atoms in total. The van der Waals surface area contributed by atoms with Crippen LogP contribution in [0.2, 0.25) is 0 Å². The van der Waals surface area contributed by atoms with Gasteiger partial charge in [-0.2, -0.15) is 13.2 Å². The Bertz CT molecular complexity index is 368. The van der Waals surface area contributed by atoms with Crippen LogP contribution in [0.25, 0.3) is 0 Å². The molecule has 90 valence electrons. The summed E-state index contributed by atoms with van der Waals surface area (Å²) in [5, 5.41) is 8.36. The lowest BCUT2D eigenvalue weighted by Crippen LogP contribution is -2.07. The maximum absolute atomic E-state index is 12.2. The van der Waals surface area contributed by atoms with Crippen molar-refractivity contribution in [2.75, 3.05) is 0 Å². The van der Waals surface area contributed by atoms with Gasteiger partial charge >= 0.3 is 12.1 Å². The molecule has 0 aliphatic rings. The lowest BCUT2D eigenvalue weighted by atomic mass is 10.1. The van der Waals surface area contributed by atoms with Gasteiger partial charge in [-0.05, 0) is 18.1 Å². The molecule has 16 heavy (non-hydrogen) atoms. The topological polar surface area (TPSA) is 50.2 Å². The molecule has 0 saturated carbocycles. The Hall–Kier alpha value is -1.30. The maximum atomic E-state index is 12.2. The highest BCUT2D eigenvalue weighted by molar-refractivity contribution is 5.85. The number of carboxylic acid groups (broad SMARTS) is 1. The predicted octanol–water partition coefficient (Wildman–Crippen LogP) is 2.54. The van der Waals surface area contributed by atoms with Crippen LogP contribution in [-0.4, -0.2) is 16.1 Å². The summed E-state index contributed by atoms with van der Waals surface area (Å²) in [5.74, 6) is -1.05. The molecule has 1 aromatic heterocycles. The molecule has 1 rings (SSSR count). The number of carbonyl (C=O) groups is 1. The smallest absolute Gasteiger partial charge is 0.417 e. The molecule has 0 atom stereocenters. The van der Waals surface area contributed by atoms with Gasteiger partial charge in [0.1, 0.15) is 0 Å². The Morgan fingerprint density at radius 1 is 1.38 bits per heavy atom. The van der Waals surface area contributed by atoms with E-state index in [1.807, 2.05) is 0 Å². The van der Waals surface area contributed by atoms with Crippen LogP contribution in [0.3, 0.4) is 0 Å². The van der Waals surface area contributed by atoms with Crippen molar-refractivity contribution in [3.8, 4) is 0 Å². The number of alkyl halides is 3. The van der Waals surface area contributed by atoms with Crippen molar-refractivity contribution < 1.29 is 23.1 Å². The second-order valence-electron chi connectivity index (χ2n) is 2.97. The Kier molecular flexibility index (Phi) is 5.23. The van der Waals surface area contributed by atoms with Gasteiger partial charge in [0.2, 0.25) is 0 Å². The number of hydrogen-bond acceptors (Lipinski definition) is 2. The number of aryl methyl sites for hydroxylation is 1. The predicted molar refractivity (Wildman–Crippen MR) is 52.4 cm³/mol. The quantitative estimate of drug-likeness (QED) is 0.903. The molecule has 1 heterocycles. The molecule has 0 fully saturated rings. The molecular weight excluding hydrogens is 247 g/mol.